The predicted octanol–water partition coefficient (Wildman–Crippen LogP) is 20.8. The molecule has 0 fully saturated rings. The number of furan rings is 1. The number of para-hydroxylation sites is 5. The fraction of sp³-hybridized carbons (Fsp3) is 0.0238. The van der Waals surface area contributed by atoms with Crippen LogP contribution in [0, 0.1) is 0 Å². The molecule has 0 N–H and O–H groups in total. The summed E-state index contributed by atoms with van der Waals surface area (Å²) in [4.78, 5) is 10.9. The zero-order valence-electron chi connectivity index (χ0n) is 48.7. The van der Waals surface area contributed by atoms with Crippen LogP contribution in [0.3, 0.4) is 0 Å². The average Bonchev–Trinajstić information content (AvgIpc) is 1.57. The molecule has 0 bridgehead atoms. The number of hydrogen-bond donors (Lipinski definition) is 0. The summed E-state index contributed by atoms with van der Waals surface area (Å²) < 4.78 is 26.0. The lowest BCUT2D eigenvalue weighted by molar-refractivity contribution is 0.442. The predicted molar refractivity (Wildman–Crippen MR) is 364 cm³/mol. The number of benzene rings is 13. The molecule has 17 aromatic rings. The molecule has 21 rings (SSSR count). The number of nitrogens with zero attached hydrogens (tertiary/aromatic N) is 4. The second kappa shape index (κ2) is 17.8. The Labute approximate surface area is 521 Å². The van der Waals surface area contributed by atoms with Crippen molar-refractivity contribution in [3.05, 3.63) is 336 Å². The fourth-order valence-corrected chi connectivity index (χ4v) is 16.7. The molecule has 13 aromatic carbocycles. The lowest BCUT2D eigenvalue weighted by atomic mass is 9.65. The summed E-state index contributed by atoms with van der Waals surface area (Å²) in [5.74, 6) is 3.94. The van der Waals surface area contributed by atoms with Crippen LogP contribution in [-0.2, 0) is 10.8 Å². The van der Waals surface area contributed by atoms with Crippen LogP contribution in [0.15, 0.2) is 296 Å². The summed E-state index contributed by atoms with van der Waals surface area (Å²) in [6, 6.07) is 105. The molecule has 6 heterocycles. The summed E-state index contributed by atoms with van der Waals surface area (Å²) in [7, 11) is 0. The van der Waals surface area contributed by atoms with Gasteiger partial charge in [0, 0.05) is 49.7 Å². The van der Waals surface area contributed by atoms with Crippen molar-refractivity contribution in [2.45, 2.75) is 10.8 Å². The molecule has 0 radical (unpaired) electrons. The highest BCUT2D eigenvalue weighted by atomic mass is 16.5. The molecule has 7 heteroatoms. The van der Waals surface area contributed by atoms with Gasteiger partial charge in [-0.3, -0.25) is 4.57 Å². The highest BCUT2D eigenvalue weighted by Gasteiger charge is 2.53. The molecular weight excluding hydrogens is 1110 g/mol. The minimum absolute atomic E-state index is 0.550. The third-order valence-electron chi connectivity index (χ3n) is 20.3. The van der Waals surface area contributed by atoms with E-state index in [0.29, 0.717) is 11.5 Å². The van der Waals surface area contributed by atoms with Crippen molar-refractivity contribution in [2.75, 3.05) is 0 Å². The van der Waals surface area contributed by atoms with Crippen LogP contribution >= 0.6 is 0 Å². The van der Waals surface area contributed by atoms with Crippen molar-refractivity contribution < 1.29 is 13.9 Å². The lowest BCUT2D eigenvalue weighted by Crippen LogP contribution is -2.32. The first-order chi connectivity index (χ1) is 45.1. The zero-order valence-corrected chi connectivity index (χ0v) is 48.7. The lowest BCUT2D eigenvalue weighted by Gasteiger charge is -2.39. The van der Waals surface area contributed by atoms with E-state index in [4.69, 9.17) is 23.9 Å². The average molecular weight is 1160 g/mol. The van der Waals surface area contributed by atoms with E-state index in [1.165, 1.54) is 44.5 Å². The van der Waals surface area contributed by atoms with Crippen molar-refractivity contribution in [1.29, 1.82) is 0 Å². The van der Waals surface area contributed by atoms with Gasteiger partial charge in [-0.05, 0) is 128 Å². The minimum Gasteiger partial charge on any atom is -0.456 e. The van der Waals surface area contributed by atoms with E-state index in [0.717, 1.165) is 133 Å². The topological polar surface area (TPSA) is 67.2 Å². The van der Waals surface area contributed by atoms with Crippen LogP contribution in [0.2, 0.25) is 0 Å². The van der Waals surface area contributed by atoms with Crippen molar-refractivity contribution in [2.24, 2.45) is 0 Å². The largest absolute Gasteiger partial charge is 0.456 e. The molecule has 1 atom stereocenters. The summed E-state index contributed by atoms with van der Waals surface area (Å²) in [5, 5.41) is 5.18. The number of rotatable bonds is 4. The molecule has 0 saturated heterocycles. The molecule has 2 aliphatic heterocycles. The van der Waals surface area contributed by atoms with Gasteiger partial charge in [0.2, 0.25) is 5.95 Å². The number of fused-ring (bicyclic) bond motifs is 29. The van der Waals surface area contributed by atoms with Crippen LogP contribution in [0.4, 0.5) is 0 Å². The standard InChI is InChI=1S/C84H48N4O3/c1-3-21-49(22-4-1)77-81-78(57-29-11-18-36-72(57)89-81)86-82(85-77)88-68-35-17-10-28-56(68)75-71(88)46-43-66-79(75)90-74-38-20-16-34-65(74)84(66)62-32-14-9-27-55(62)58-47-50(39-41-63(58)84)51-40-44-69-59(48-51)76-70(87(69)52-23-5-2-6-24-52)45-42-67-80(76)91-73-37-19-15-33-64(73)83(67)60-30-12-7-25-53(60)54-26-8-13-31-61(54)83/h1-48H. The van der Waals surface area contributed by atoms with Crippen molar-refractivity contribution in [3.63, 3.8) is 0 Å². The zero-order chi connectivity index (χ0) is 59.3. The van der Waals surface area contributed by atoms with Crippen LogP contribution in [0.25, 0.3) is 122 Å². The normalized spacial score (nSPS) is 15.1. The van der Waals surface area contributed by atoms with Gasteiger partial charge in [-0.25, -0.2) is 9.97 Å². The van der Waals surface area contributed by atoms with Gasteiger partial charge in [0.05, 0.1) is 43.7 Å². The van der Waals surface area contributed by atoms with Gasteiger partial charge in [-0.1, -0.05) is 218 Å². The Bertz CT molecular complexity index is 6010. The summed E-state index contributed by atoms with van der Waals surface area (Å²) >= 11 is 0. The van der Waals surface area contributed by atoms with Gasteiger partial charge < -0.3 is 18.5 Å². The second-order valence-electron chi connectivity index (χ2n) is 24.5. The number of ether oxygens (including phenoxy) is 2. The fourth-order valence-electron chi connectivity index (χ4n) is 16.7. The molecule has 4 aromatic heterocycles. The van der Waals surface area contributed by atoms with Gasteiger partial charge >= 0.3 is 0 Å². The highest BCUT2D eigenvalue weighted by molar-refractivity contribution is 6.16. The highest BCUT2D eigenvalue weighted by Crippen LogP contribution is 2.66. The molecule has 2 aliphatic carbocycles. The summed E-state index contributed by atoms with van der Waals surface area (Å²) in [5.41, 5.74) is 24.3. The first-order valence-corrected chi connectivity index (χ1v) is 31.1. The molecule has 0 amide bonds. The monoisotopic (exact) mass is 1160 g/mol. The van der Waals surface area contributed by atoms with Crippen molar-refractivity contribution in [3.8, 4) is 79.3 Å². The van der Waals surface area contributed by atoms with E-state index in [1.807, 2.05) is 36.4 Å². The van der Waals surface area contributed by atoms with E-state index < -0.39 is 10.8 Å². The first kappa shape index (κ1) is 49.0. The Morgan fingerprint density at radius 1 is 0.308 bits per heavy atom. The Morgan fingerprint density at radius 3 is 1.45 bits per heavy atom. The van der Waals surface area contributed by atoms with Crippen LogP contribution < -0.4 is 9.47 Å². The molecule has 1 unspecified atom stereocenters. The van der Waals surface area contributed by atoms with E-state index in [9.17, 15) is 0 Å². The Hall–Kier alpha value is -12.1. The van der Waals surface area contributed by atoms with Crippen molar-refractivity contribution >= 4 is 65.7 Å². The molecule has 91 heavy (non-hydrogen) atoms. The van der Waals surface area contributed by atoms with Crippen molar-refractivity contribution in [1.82, 2.24) is 19.1 Å². The molecule has 7 nitrogen and oxygen atoms in total. The smallest absolute Gasteiger partial charge is 0.236 e. The summed E-state index contributed by atoms with van der Waals surface area (Å²) in [6.45, 7) is 0. The van der Waals surface area contributed by atoms with Crippen LogP contribution in [0.1, 0.15) is 44.5 Å². The van der Waals surface area contributed by atoms with E-state index in [1.54, 1.807) is 0 Å². The van der Waals surface area contributed by atoms with E-state index >= 15 is 0 Å². The maximum atomic E-state index is 7.42. The van der Waals surface area contributed by atoms with Gasteiger partial charge in [-0.15, -0.1) is 0 Å². The Balaban J connectivity index is 0.785. The summed E-state index contributed by atoms with van der Waals surface area (Å²) in [6.07, 6.45) is 0. The Morgan fingerprint density at radius 2 is 0.780 bits per heavy atom. The molecule has 4 aliphatic rings. The number of aromatic nitrogens is 4. The van der Waals surface area contributed by atoms with E-state index in [2.05, 4.69) is 264 Å². The van der Waals surface area contributed by atoms with E-state index in [-0.39, 0.29) is 0 Å². The third-order valence-corrected chi connectivity index (χ3v) is 20.3. The number of hydrogen-bond acceptors (Lipinski definition) is 5. The maximum absolute atomic E-state index is 7.42. The minimum atomic E-state index is -0.745. The first-order valence-electron chi connectivity index (χ1n) is 31.1. The van der Waals surface area contributed by atoms with Crippen LogP contribution in [-0.4, -0.2) is 19.1 Å². The van der Waals surface area contributed by atoms with Crippen LogP contribution in [0.5, 0.6) is 23.0 Å². The molecule has 422 valence electrons. The third kappa shape index (κ3) is 6.21. The van der Waals surface area contributed by atoms with Gasteiger partial charge in [-0.2, -0.15) is 0 Å². The second-order valence-corrected chi connectivity index (χ2v) is 24.5. The van der Waals surface area contributed by atoms with Gasteiger partial charge in [0.1, 0.15) is 39.8 Å². The molecule has 0 saturated carbocycles. The Kier molecular flexibility index (Phi) is 9.59. The molecule has 2 spiro atoms. The van der Waals surface area contributed by atoms with Gasteiger partial charge in [0.15, 0.2) is 5.58 Å². The van der Waals surface area contributed by atoms with Gasteiger partial charge in [0.25, 0.3) is 0 Å². The maximum Gasteiger partial charge on any atom is 0.236 e. The SMILES string of the molecule is c1ccc(-c2nc(-n3c4ccccc4c4c5c(ccc43)C3(c4ccccc4O5)c4ccccc4-c4cc(-c5ccc6c(c5)c5c7c(ccc5n6-c5ccccc5)C5(c6ccccc6O7)c6ccccc6-c6ccccc65)ccc43)nc3c2oc2ccccc23)cc1. The quantitative estimate of drug-likeness (QED) is 0.176. The molecular formula is C84H48N4O3.